The zero-order valence-electron chi connectivity index (χ0n) is 14.4. The first-order valence-electron chi connectivity index (χ1n) is 8.38. The number of ether oxygens (including phenoxy) is 2. The highest BCUT2D eigenvalue weighted by Crippen LogP contribution is 2.32. The summed E-state index contributed by atoms with van der Waals surface area (Å²) in [4.78, 5) is 0. The number of methoxy groups -OCH3 is 1. The van der Waals surface area contributed by atoms with E-state index in [1.807, 2.05) is 36.4 Å². The van der Waals surface area contributed by atoms with Crippen LogP contribution in [0.15, 0.2) is 72.8 Å². The first-order chi connectivity index (χ1) is 12.8. The van der Waals surface area contributed by atoms with Gasteiger partial charge in [-0.2, -0.15) is 0 Å². The summed E-state index contributed by atoms with van der Waals surface area (Å²) in [7, 11) is 1.63. The summed E-state index contributed by atoms with van der Waals surface area (Å²) in [5.74, 6) is 2.17. The van der Waals surface area contributed by atoms with Gasteiger partial charge in [-0.1, -0.05) is 54.6 Å². The molecule has 0 fully saturated rings. The number of hydrogen-bond acceptors (Lipinski definition) is 3. The zero-order valence-corrected chi connectivity index (χ0v) is 14.4. The number of nitrogens with one attached hydrogen (secondary N) is 2. The fourth-order valence-corrected chi connectivity index (χ4v) is 2.77. The Morgan fingerprint density at radius 3 is 2.15 bits per heavy atom. The Morgan fingerprint density at radius 2 is 1.50 bits per heavy atom. The number of aromatic nitrogens is 3. The lowest BCUT2D eigenvalue weighted by Crippen LogP contribution is -2.01. The molecule has 0 atom stereocenters. The highest BCUT2D eigenvalue weighted by Gasteiger charge is 2.10. The van der Waals surface area contributed by atoms with Crippen molar-refractivity contribution < 1.29 is 9.47 Å². The monoisotopic (exact) mass is 345 g/mol. The third-order valence-electron chi connectivity index (χ3n) is 4.23. The normalized spacial score (nSPS) is 10.7. The topological polar surface area (TPSA) is 62.9 Å². The summed E-state index contributed by atoms with van der Waals surface area (Å²) in [6, 6.07) is 24.5. The van der Waals surface area contributed by atoms with Crippen LogP contribution >= 0.6 is 0 Å². The van der Waals surface area contributed by atoms with Crippen LogP contribution in [0.3, 0.4) is 0 Å². The number of rotatable bonds is 6. The molecule has 1 heterocycles. The molecular weight excluding hydrogens is 326 g/mol. The van der Waals surface area contributed by atoms with Gasteiger partial charge in [-0.3, -0.25) is 5.10 Å². The molecule has 130 valence electrons. The third kappa shape index (κ3) is 3.32. The van der Waals surface area contributed by atoms with Crippen molar-refractivity contribution in [2.24, 2.45) is 0 Å². The summed E-state index contributed by atoms with van der Waals surface area (Å²) >= 11 is 0. The minimum absolute atomic E-state index is 0.478. The molecule has 5 nitrogen and oxygen atoms in total. The zero-order chi connectivity index (χ0) is 17.8. The maximum Gasteiger partial charge on any atom is 0.174 e. The van der Waals surface area contributed by atoms with Gasteiger partial charge in [0.05, 0.1) is 7.11 Å². The molecule has 0 unspecified atom stereocenters. The highest BCUT2D eigenvalue weighted by molar-refractivity contribution is 5.63. The fraction of sp³-hybridized carbons (Fsp3) is 0.0952. The maximum absolute atomic E-state index is 5.95. The Hall–Kier alpha value is -3.47. The van der Waals surface area contributed by atoms with Gasteiger partial charge in [0.15, 0.2) is 17.3 Å². The Kier molecular flexibility index (Phi) is 4.43. The fourth-order valence-electron chi connectivity index (χ4n) is 2.77. The van der Waals surface area contributed by atoms with Crippen molar-refractivity contribution >= 4 is 0 Å². The van der Waals surface area contributed by atoms with E-state index in [4.69, 9.17) is 9.47 Å². The first kappa shape index (κ1) is 16.0. The van der Waals surface area contributed by atoms with Gasteiger partial charge in [0, 0.05) is 5.56 Å². The lowest BCUT2D eigenvalue weighted by Gasteiger charge is -2.13. The molecule has 0 saturated carbocycles. The van der Waals surface area contributed by atoms with Crippen molar-refractivity contribution in [1.82, 2.24) is 15.4 Å². The average Bonchev–Trinajstić information content (AvgIpc) is 2.66. The lowest BCUT2D eigenvalue weighted by atomic mass is 10.0. The molecule has 0 radical (unpaired) electrons. The summed E-state index contributed by atoms with van der Waals surface area (Å²) in [5, 5.41) is 9.58. The Labute approximate surface area is 151 Å². The molecule has 0 bridgehead atoms. The van der Waals surface area contributed by atoms with Crippen LogP contribution in [0.4, 0.5) is 0 Å². The SMILES string of the molecule is COc1cc(-c2n[nH][nH]2)ccc1OCc1ccc(-c2ccccc2)cc1. The Balaban J connectivity index is 1.46. The molecule has 1 aromatic heterocycles. The second-order valence-electron chi connectivity index (χ2n) is 5.91. The van der Waals surface area contributed by atoms with Gasteiger partial charge in [-0.25, -0.2) is 5.21 Å². The van der Waals surface area contributed by atoms with Gasteiger partial charge in [-0.05, 0) is 34.9 Å². The van der Waals surface area contributed by atoms with Crippen molar-refractivity contribution in [3.05, 3.63) is 78.4 Å². The van der Waals surface area contributed by atoms with Gasteiger partial charge < -0.3 is 9.47 Å². The van der Waals surface area contributed by atoms with Crippen molar-refractivity contribution in [1.29, 1.82) is 0 Å². The van der Waals surface area contributed by atoms with Gasteiger partial charge in [0.2, 0.25) is 0 Å². The van der Waals surface area contributed by atoms with Crippen molar-refractivity contribution in [2.75, 3.05) is 7.11 Å². The van der Waals surface area contributed by atoms with E-state index in [0.29, 0.717) is 18.1 Å². The molecule has 4 aromatic rings. The quantitative estimate of drug-likeness (QED) is 0.534. The predicted molar refractivity (Wildman–Crippen MR) is 101 cm³/mol. The maximum atomic E-state index is 5.95. The van der Waals surface area contributed by atoms with Crippen LogP contribution in [0.25, 0.3) is 22.5 Å². The van der Waals surface area contributed by atoms with Crippen LogP contribution in [0.2, 0.25) is 0 Å². The van der Waals surface area contributed by atoms with Gasteiger partial charge in [0.1, 0.15) is 6.61 Å². The number of hydrogen-bond donors (Lipinski definition) is 2. The van der Waals surface area contributed by atoms with E-state index in [1.54, 1.807) is 7.11 Å². The minimum atomic E-state index is 0.478. The summed E-state index contributed by atoms with van der Waals surface area (Å²) < 4.78 is 11.4. The number of nitrogens with zero attached hydrogens (tertiary/aromatic N) is 1. The molecule has 0 amide bonds. The molecule has 26 heavy (non-hydrogen) atoms. The second kappa shape index (κ2) is 7.19. The molecule has 0 spiro atoms. The standard InChI is InChI=1S/C21H19N3O2/c1-25-20-13-18(21-22-24-23-21)11-12-19(20)26-14-15-7-9-17(10-8-15)16-5-3-2-4-6-16/h2-13,24H,14H2,1H3,(H,22,23). The summed E-state index contributed by atoms with van der Waals surface area (Å²) in [5.41, 5.74) is 4.45. The molecule has 0 aliphatic carbocycles. The van der Waals surface area contributed by atoms with E-state index in [9.17, 15) is 0 Å². The molecule has 3 aromatic carbocycles. The molecular formula is C21H19N3O2. The van der Waals surface area contributed by atoms with Crippen molar-refractivity contribution in [3.8, 4) is 34.0 Å². The second-order valence-corrected chi connectivity index (χ2v) is 5.91. The smallest absolute Gasteiger partial charge is 0.174 e. The van der Waals surface area contributed by atoms with E-state index >= 15 is 0 Å². The third-order valence-corrected chi connectivity index (χ3v) is 4.23. The minimum Gasteiger partial charge on any atom is -0.493 e. The number of aromatic amines is 2. The molecule has 4 rings (SSSR count). The van der Waals surface area contributed by atoms with Crippen LogP contribution in [0, 0.1) is 0 Å². The van der Waals surface area contributed by atoms with Gasteiger partial charge in [0.25, 0.3) is 0 Å². The van der Waals surface area contributed by atoms with E-state index in [-0.39, 0.29) is 0 Å². The first-order valence-corrected chi connectivity index (χ1v) is 8.38. The average molecular weight is 345 g/mol. The lowest BCUT2D eigenvalue weighted by molar-refractivity contribution is 0.284. The van der Waals surface area contributed by atoms with Crippen molar-refractivity contribution in [3.63, 3.8) is 0 Å². The Bertz CT molecular complexity index is 963. The largest absolute Gasteiger partial charge is 0.493 e. The molecule has 0 aliphatic rings. The summed E-state index contributed by atoms with van der Waals surface area (Å²) in [6.07, 6.45) is 0. The Morgan fingerprint density at radius 1 is 0.808 bits per heavy atom. The van der Waals surface area contributed by atoms with E-state index < -0.39 is 0 Å². The number of benzene rings is 3. The van der Waals surface area contributed by atoms with Crippen LogP contribution in [0.5, 0.6) is 11.5 Å². The molecule has 2 N–H and O–H groups in total. The van der Waals surface area contributed by atoms with Gasteiger partial charge >= 0.3 is 0 Å². The van der Waals surface area contributed by atoms with E-state index in [2.05, 4.69) is 51.8 Å². The van der Waals surface area contributed by atoms with Crippen LogP contribution in [0.1, 0.15) is 5.56 Å². The van der Waals surface area contributed by atoms with Crippen molar-refractivity contribution in [2.45, 2.75) is 6.61 Å². The molecule has 0 saturated heterocycles. The summed E-state index contributed by atoms with van der Waals surface area (Å²) in [6.45, 7) is 0.478. The molecule has 0 aliphatic heterocycles. The van der Waals surface area contributed by atoms with Crippen LogP contribution in [-0.2, 0) is 6.61 Å². The number of H-pyrrole nitrogens is 2. The molecule has 5 heteroatoms. The van der Waals surface area contributed by atoms with E-state index in [0.717, 1.165) is 17.0 Å². The van der Waals surface area contributed by atoms with Gasteiger partial charge in [-0.15, -0.1) is 5.10 Å². The highest BCUT2D eigenvalue weighted by atomic mass is 16.5. The van der Waals surface area contributed by atoms with Crippen LogP contribution < -0.4 is 9.47 Å². The van der Waals surface area contributed by atoms with Crippen LogP contribution in [-0.4, -0.2) is 22.5 Å². The predicted octanol–water partition coefficient (Wildman–Crippen LogP) is 4.66. The van der Waals surface area contributed by atoms with E-state index in [1.165, 1.54) is 11.1 Å².